The van der Waals surface area contributed by atoms with Crippen LogP contribution in [-0.4, -0.2) is 73.7 Å². The molecule has 0 spiro atoms. The summed E-state index contributed by atoms with van der Waals surface area (Å²) in [6, 6.07) is 8.34. The van der Waals surface area contributed by atoms with Crippen LogP contribution in [0.15, 0.2) is 35.2 Å². The topological polar surface area (TPSA) is 60.9 Å². The molecule has 0 saturated carbocycles. The van der Waals surface area contributed by atoms with Gasteiger partial charge in [-0.2, -0.15) is 4.31 Å². The van der Waals surface area contributed by atoms with E-state index < -0.39 is 10.0 Å². The number of benzene rings is 1. The van der Waals surface area contributed by atoms with Crippen molar-refractivity contribution in [3.63, 3.8) is 0 Å². The summed E-state index contributed by atoms with van der Waals surface area (Å²) in [4.78, 5) is 16.8. The molecule has 1 aromatic carbocycles. The average molecular weight is 337 g/mol. The molecule has 2 aliphatic heterocycles. The van der Waals surface area contributed by atoms with Gasteiger partial charge in [-0.1, -0.05) is 18.2 Å². The number of likely N-dealkylation sites (N-methyl/N-ethyl adjacent to an activating group) is 1. The number of hydrogen-bond acceptors (Lipinski definition) is 4. The SMILES string of the molecule is CCN1CCN2CCN(S(=O)(=O)c3ccccc3)CCC2C1=O. The Morgan fingerprint density at radius 2 is 1.74 bits per heavy atom. The number of hydrogen-bond donors (Lipinski definition) is 0. The number of piperazine rings is 1. The van der Waals surface area contributed by atoms with Crippen molar-refractivity contribution in [2.24, 2.45) is 0 Å². The Morgan fingerprint density at radius 1 is 1.04 bits per heavy atom. The zero-order valence-corrected chi connectivity index (χ0v) is 14.2. The van der Waals surface area contributed by atoms with Crippen LogP contribution in [-0.2, 0) is 14.8 Å². The first-order valence-corrected chi connectivity index (χ1v) is 9.56. The van der Waals surface area contributed by atoms with Gasteiger partial charge in [-0.05, 0) is 25.5 Å². The minimum Gasteiger partial charge on any atom is -0.340 e. The van der Waals surface area contributed by atoms with E-state index in [1.807, 2.05) is 11.8 Å². The van der Waals surface area contributed by atoms with Crippen molar-refractivity contribution < 1.29 is 13.2 Å². The molecular formula is C16H23N3O3S. The molecule has 2 saturated heterocycles. The first-order valence-electron chi connectivity index (χ1n) is 8.12. The van der Waals surface area contributed by atoms with Gasteiger partial charge in [0.2, 0.25) is 15.9 Å². The van der Waals surface area contributed by atoms with E-state index in [2.05, 4.69) is 4.90 Å². The molecule has 1 unspecified atom stereocenters. The molecule has 7 heteroatoms. The van der Waals surface area contributed by atoms with Gasteiger partial charge in [-0.25, -0.2) is 8.42 Å². The second-order valence-electron chi connectivity index (χ2n) is 5.98. The van der Waals surface area contributed by atoms with E-state index in [9.17, 15) is 13.2 Å². The number of rotatable bonds is 3. The summed E-state index contributed by atoms with van der Waals surface area (Å²) < 4.78 is 27.0. The molecule has 2 heterocycles. The van der Waals surface area contributed by atoms with E-state index in [-0.39, 0.29) is 11.9 Å². The van der Waals surface area contributed by atoms with Gasteiger partial charge in [0, 0.05) is 39.3 Å². The Bertz CT molecular complexity index is 662. The largest absolute Gasteiger partial charge is 0.340 e. The molecule has 0 radical (unpaired) electrons. The Balaban J connectivity index is 1.78. The Labute approximate surface area is 137 Å². The minimum absolute atomic E-state index is 0.137. The second kappa shape index (κ2) is 6.59. The van der Waals surface area contributed by atoms with Crippen molar-refractivity contribution >= 4 is 15.9 Å². The summed E-state index contributed by atoms with van der Waals surface area (Å²) in [5, 5.41) is 0. The van der Waals surface area contributed by atoms with Crippen LogP contribution >= 0.6 is 0 Å². The molecule has 1 amide bonds. The van der Waals surface area contributed by atoms with E-state index in [1.165, 1.54) is 4.31 Å². The first kappa shape index (κ1) is 16.4. The van der Waals surface area contributed by atoms with E-state index >= 15 is 0 Å². The van der Waals surface area contributed by atoms with Crippen molar-refractivity contribution in [1.82, 2.24) is 14.1 Å². The monoisotopic (exact) mass is 337 g/mol. The van der Waals surface area contributed by atoms with Gasteiger partial charge in [0.05, 0.1) is 10.9 Å². The van der Waals surface area contributed by atoms with Crippen molar-refractivity contribution in [3.8, 4) is 0 Å². The van der Waals surface area contributed by atoms with E-state index in [0.717, 1.165) is 19.6 Å². The van der Waals surface area contributed by atoms with E-state index in [1.54, 1.807) is 30.3 Å². The molecule has 0 N–H and O–H groups in total. The van der Waals surface area contributed by atoms with Crippen LogP contribution in [0.3, 0.4) is 0 Å². The van der Waals surface area contributed by atoms with Gasteiger partial charge in [0.1, 0.15) is 0 Å². The normalized spacial score (nSPS) is 24.3. The van der Waals surface area contributed by atoms with Crippen LogP contribution in [0, 0.1) is 0 Å². The van der Waals surface area contributed by atoms with Crippen molar-refractivity contribution in [2.45, 2.75) is 24.3 Å². The Kier molecular flexibility index (Phi) is 4.70. The number of amides is 1. The summed E-state index contributed by atoms with van der Waals surface area (Å²) in [6.45, 7) is 5.70. The number of fused-ring (bicyclic) bond motifs is 1. The predicted octanol–water partition coefficient (Wildman–Crippen LogP) is 0.614. The summed E-state index contributed by atoms with van der Waals surface area (Å²) in [7, 11) is -3.48. The van der Waals surface area contributed by atoms with Crippen LogP contribution in [0.4, 0.5) is 0 Å². The molecule has 0 bridgehead atoms. The lowest BCUT2D eigenvalue weighted by Gasteiger charge is -2.39. The highest BCUT2D eigenvalue weighted by molar-refractivity contribution is 7.89. The Hall–Kier alpha value is -1.44. The molecule has 0 aromatic heterocycles. The van der Waals surface area contributed by atoms with Gasteiger partial charge in [-0.15, -0.1) is 0 Å². The fraction of sp³-hybridized carbons (Fsp3) is 0.562. The fourth-order valence-corrected chi connectivity index (χ4v) is 4.84. The van der Waals surface area contributed by atoms with Crippen molar-refractivity contribution in [1.29, 1.82) is 0 Å². The lowest BCUT2D eigenvalue weighted by molar-refractivity contribution is -0.141. The molecule has 126 valence electrons. The summed E-state index contributed by atoms with van der Waals surface area (Å²) in [6.07, 6.45) is 0.557. The van der Waals surface area contributed by atoms with Gasteiger partial charge >= 0.3 is 0 Å². The number of sulfonamides is 1. The summed E-state index contributed by atoms with van der Waals surface area (Å²) in [5.74, 6) is 0.137. The van der Waals surface area contributed by atoms with Crippen LogP contribution in [0.5, 0.6) is 0 Å². The maximum absolute atomic E-state index is 12.8. The van der Waals surface area contributed by atoms with Gasteiger partial charge in [0.25, 0.3) is 0 Å². The van der Waals surface area contributed by atoms with Crippen molar-refractivity contribution in [3.05, 3.63) is 30.3 Å². The average Bonchev–Trinajstić information content (AvgIpc) is 2.80. The smallest absolute Gasteiger partial charge is 0.243 e. The molecule has 6 nitrogen and oxygen atoms in total. The third-order valence-electron chi connectivity index (χ3n) is 4.75. The fourth-order valence-electron chi connectivity index (χ4n) is 3.37. The zero-order chi connectivity index (χ0) is 16.4. The molecule has 1 aromatic rings. The lowest BCUT2D eigenvalue weighted by Crippen LogP contribution is -2.56. The van der Waals surface area contributed by atoms with Crippen LogP contribution in [0.1, 0.15) is 13.3 Å². The first-order chi connectivity index (χ1) is 11.0. The van der Waals surface area contributed by atoms with Crippen LogP contribution in [0.25, 0.3) is 0 Å². The zero-order valence-electron chi connectivity index (χ0n) is 13.4. The van der Waals surface area contributed by atoms with Crippen LogP contribution in [0.2, 0.25) is 0 Å². The Morgan fingerprint density at radius 3 is 2.43 bits per heavy atom. The molecule has 2 fully saturated rings. The minimum atomic E-state index is -3.48. The quantitative estimate of drug-likeness (QED) is 0.811. The third kappa shape index (κ3) is 3.13. The number of carbonyl (C=O) groups is 1. The van der Waals surface area contributed by atoms with Gasteiger partial charge in [0.15, 0.2) is 0 Å². The summed E-state index contributed by atoms with van der Waals surface area (Å²) >= 11 is 0. The van der Waals surface area contributed by atoms with E-state index in [0.29, 0.717) is 31.0 Å². The maximum atomic E-state index is 12.8. The highest BCUT2D eigenvalue weighted by Crippen LogP contribution is 2.22. The standard InChI is InChI=1S/C16H23N3O3S/c1-2-17-10-11-18-12-13-19(9-8-15(18)16(17)20)23(21,22)14-6-4-3-5-7-14/h3-7,15H,2,8-13H2,1H3. The predicted molar refractivity (Wildman–Crippen MR) is 87.4 cm³/mol. The van der Waals surface area contributed by atoms with Gasteiger partial charge < -0.3 is 4.90 Å². The number of nitrogens with zero attached hydrogens (tertiary/aromatic N) is 3. The molecule has 3 rings (SSSR count). The molecule has 23 heavy (non-hydrogen) atoms. The molecule has 0 aliphatic carbocycles. The maximum Gasteiger partial charge on any atom is 0.243 e. The van der Waals surface area contributed by atoms with E-state index in [4.69, 9.17) is 0 Å². The highest BCUT2D eigenvalue weighted by Gasteiger charge is 2.38. The van der Waals surface area contributed by atoms with Crippen LogP contribution < -0.4 is 0 Å². The van der Waals surface area contributed by atoms with Crippen molar-refractivity contribution in [2.75, 3.05) is 39.3 Å². The molecule has 2 aliphatic rings. The molecular weight excluding hydrogens is 314 g/mol. The second-order valence-corrected chi connectivity index (χ2v) is 7.91. The molecule has 1 atom stereocenters. The third-order valence-corrected chi connectivity index (χ3v) is 6.66. The summed E-state index contributed by atoms with van der Waals surface area (Å²) in [5.41, 5.74) is 0. The highest BCUT2D eigenvalue weighted by atomic mass is 32.2. The van der Waals surface area contributed by atoms with Gasteiger partial charge in [-0.3, -0.25) is 9.69 Å². The lowest BCUT2D eigenvalue weighted by atomic mass is 10.1. The number of carbonyl (C=O) groups excluding carboxylic acids is 1.